The van der Waals surface area contributed by atoms with Crippen LogP contribution in [0, 0.1) is 5.92 Å². The van der Waals surface area contributed by atoms with Crippen LogP contribution in [0.3, 0.4) is 0 Å². The van der Waals surface area contributed by atoms with E-state index in [4.69, 9.17) is 14.6 Å². The standard InChI is InChI=1S/C14H26O4Si/c1-2-13(16)12(10-15)11-17-8-5-7-14(19)6-3-4-9-18-14/h2,12,15H,1,3-11H2,19H3. The molecule has 1 rings (SSSR count). The molecule has 0 spiro atoms. The number of carbonyl (C=O) groups excluding carboxylic acids is 1. The van der Waals surface area contributed by atoms with E-state index in [1.807, 2.05) is 0 Å². The highest BCUT2D eigenvalue weighted by molar-refractivity contribution is 6.14. The predicted molar refractivity (Wildman–Crippen MR) is 78.3 cm³/mol. The number of ether oxygens (including phenoxy) is 2. The first-order valence-electron chi connectivity index (χ1n) is 7.10. The molecule has 2 unspecified atom stereocenters. The summed E-state index contributed by atoms with van der Waals surface area (Å²) >= 11 is 0. The number of rotatable bonds is 9. The summed E-state index contributed by atoms with van der Waals surface area (Å²) < 4.78 is 11.3. The fourth-order valence-corrected chi connectivity index (χ4v) is 3.27. The molecule has 0 saturated carbocycles. The monoisotopic (exact) mass is 286 g/mol. The molecule has 0 aliphatic carbocycles. The quantitative estimate of drug-likeness (QED) is 0.379. The molecule has 1 saturated heterocycles. The van der Waals surface area contributed by atoms with E-state index in [9.17, 15) is 4.79 Å². The predicted octanol–water partition coefficient (Wildman–Crippen LogP) is 0.409. The molecule has 1 heterocycles. The number of carbonyl (C=O) groups is 1. The number of aliphatic hydroxyl groups is 1. The topological polar surface area (TPSA) is 55.8 Å². The fourth-order valence-electron chi connectivity index (χ4n) is 2.35. The minimum Gasteiger partial charge on any atom is -0.396 e. The Balaban J connectivity index is 2.13. The Morgan fingerprint density at radius 3 is 2.95 bits per heavy atom. The number of hydrogen-bond donors (Lipinski definition) is 1. The van der Waals surface area contributed by atoms with Gasteiger partial charge in [-0.1, -0.05) is 6.58 Å². The van der Waals surface area contributed by atoms with Crippen LogP contribution >= 0.6 is 0 Å². The zero-order valence-corrected chi connectivity index (χ0v) is 13.9. The first-order valence-corrected chi connectivity index (χ1v) is 8.10. The molecule has 4 nitrogen and oxygen atoms in total. The first kappa shape index (κ1) is 16.6. The molecule has 1 N–H and O–H groups in total. The number of aliphatic hydroxyl groups excluding tert-OH is 1. The number of ketones is 1. The van der Waals surface area contributed by atoms with Crippen molar-refractivity contribution < 1.29 is 19.4 Å². The van der Waals surface area contributed by atoms with Gasteiger partial charge in [-0.15, -0.1) is 0 Å². The summed E-state index contributed by atoms with van der Waals surface area (Å²) in [6.07, 6.45) is 6.86. The molecule has 0 aromatic heterocycles. The van der Waals surface area contributed by atoms with E-state index in [0.717, 1.165) is 29.7 Å². The van der Waals surface area contributed by atoms with Gasteiger partial charge < -0.3 is 14.6 Å². The van der Waals surface area contributed by atoms with Gasteiger partial charge in [-0.3, -0.25) is 4.79 Å². The zero-order chi connectivity index (χ0) is 14.1. The van der Waals surface area contributed by atoms with E-state index in [2.05, 4.69) is 6.58 Å². The van der Waals surface area contributed by atoms with Gasteiger partial charge >= 0.3 is 0 Å². The summed E-state index contributed by atoms with van der Waals surface area (Å²) in [5, 5.41) is 9.20. The average molecular weight is 286 g/mol. The normalized spacial score (nSPS) is 25.1. The molecule has 2 atom stereocenters. The molecule has 0 radical (unpaired) electrons. The van der Waals surface area contributed by atoms with Crippen molar-refractivity contribution in [3.8, 4) is 0 Å². The summed E-state index contributed by atoms with van der Waals surface area (Å²) in [7, 11) is 1.06. The highest BCUT2D eigenvalue weighted by atomic mass is 28.1. The first-order chi connectivity index (χ1) is 9.11. The van der Waals surface area contributed by atoms with Crippen molar-refractivity contribution >= 4 is 16.0 Å². The lowest BCUT2D eigenvalue weighted by atomic mass is 10.0. The minimum atomic E-state index is -0.464. The van der Waals surface area contributed by atoms with E-state index in [-0.39, 0.29) is 24.2 Å². The van der Waals surface area contributed by atoms with Crippen LogP contribution in [0.15, 0.2) is 12.7 Å². The lowest BCUT2D eigenvalue weighted by molar-refractivity contribution is -0.121. The summed E-state index contributed by atoms with van der Waals surface area (Å²) in [6.45, 7) is 5.02. The molecule has 1 aliphatic rings. The molecule has 5 heteroatoms. The van der Waals surface area contributed by atoms with E-state index in [0.29, 0.717) is 6.61 Å². The van der Waals surface area contributed by atoms with Gasteiger partial charge in [-0.2, -0.15) is 0 Å². The fraction of sp³-hybridized carbons (Fsp3) is 0.786. The average Bonchev–Trinajstić information content (AvgIpc) is 2.43. The summed E-state index contributed by atoms with van der Waals surface area (Å²) in [6, 6.07) is 0. The summed E-state index contributed by atoms with van der Waals surface area (Å²) in [5.74, 6) is -0.620. The Hall–Kier alpha value is -0.493. The van der Waals surface area contributed by atoms with Crippen LogP contribution in [0.2, 0.25) is 0 Å². The maximum absolute atomic E-state index is 11.3. The van der Waals surface area contributed by atoms with Crippen molar-refractivity contribution in [1.29, 1.82) is 0 Å². The molecular weight excluding hydrogens is 260 g/mol. The van der Waals surface area contributed by atoms with Gasteiger partial charge in [0, 0.05) is 28.7 Å². The largest absolute Gasteiger partial charge is 0.396 e. The Morgan fingerprint density at radius 1 is 1.58 bits per heavy atom. The van der Waals surface area contributed by atoms with Crippen LogP contribution < -0.4 is 0 Å². The molecule has 0 bridgehead atoms. The van der Waals surface area contributed by atoms with Gasteiger partial charge in [0.15, 0.2) is 5.78 Å². The SMILES string of the molecule is C=CC(=O)C(CO)COCCCC1([SiH3])CCCCO1. The van der Waals surface area contributed by atoms with Crippen LogP contribution in [0.5, 0.6) is 0 Å². The van der Waals surface area contributed by atoms with E-state index >= 15 is 0 Å². The highest BCUT2D eigenvalue weighted by Crippen LogP contribution is 2.26. The molecule has 19 heavy (non-hydrogen) atoms. The van der Waals surface area contributed by atoms with Crippen molar-refractivity contribution in [1.82, 2.24) is 0 Å². The number of hydrogen-bond acceptors (Lipinski definition) is 4. The molecule has 110 valence electrons. The third-order valence-electron chi connectivity index (χ3n) is 3.69. The maximum atomic E-state index is 11.3. The van der Waals surface area contributed by atoms with Crippen LogP contribution in [0.1, 0.15) is 32.1 Å². The van der Waals surface area contributed by atoms with Gasteiger partial charge in [0.25, 0.3) is 0 Å². The molecule has 0 aromatic rings. The second kappa shape index (κ2) is 8.63. The van der Waals surface area contributed by atoms with Gasteiger partial charge in [-0.25, -0.2) is 0 Å². The summed E-state index contributed by atoms with van der Waals surface area (Å²) in [4.78, 5) is 11.3. The lowest BCUT2D eigenvalue weighted by Crippen LogP contribution is -2.37. The van der Waals surface area contributed by atoms with E-state index in [1.165, 1.54) is 25.3 Å². The van der Waals surface area contributed by atoms with Gasteiger partial charge in [-0.05, 0) is 38.2 Å². The third kappa shape index (κ3) is 5.99. The van der Waals surface area contributed by atoms with E-state index < -0.39 is 5.92 Å². The summed E-state index contributed by atoms with van der Waals surface area (Å²) in [5.41, 5.74) is 0. The van der Waals surface area contributed by atoms with E-state index in [1.54, 1.807) is 0 Å². The van der Waals surface area contributed by atoms with Crippen molar-refractivity contribution in [2.75, 3.05) is 26.4 Å². The van der Waals surface area contributed by atoms with Crippen LogP contribution in [-0.4, -0.2) is 52.8 Å². The molecule has 1 aliphatic heterocycles. The van der Waals surface area contributed by atoms with Gasteiger partial charge in [0.1, 0.15) is 0 Å². The third-order valence-corrected chi connectivity index (χ3v) is 4.98. The zero-order valence-electron chi connectivity index (χ0n) is 11.9. The smallest absolute Gasteiger partial charge is 0.162 e. The molecule has 0 aromatic carbocycles. The lowest BCUT2D eigenvalue weighted by Gasteiger charge is -2.34. The van der Waals surface area contributed by atoms with Gasteiger partial charge in [0.05, 0.1) is 19.1 Å². The number of allylic oxidation sites excluding steroid dienone is 1. The van der Waals surface area contributed by atoms with Crippen LogP contribution in [0.4, 0.5) is 0 Å². The minimum absolute atomic E-state index is 0.134. The van der Waals surface area contributed by atoms with Gasteiger partial charge in [0.2, 0.25) is 0 Å². The van der Waals surface area contributed by atoms with Crippen molar-refractivity contribution in [3.63, 3.8) is 0 Å². The van der Waals surface area contributed by atoms with Crippen molar-refractivity contribution in [2.45, 2.75) is 37.3 Å². The second-order valence-electron chi connectivity index (χ2n) is 5.42. The second-order valence-corrected chi connectivity index (χ2v) is 7.24. The van der Waals surface area contributed by atoms with Crippen molar-refractivity contribution in [3.05, 3.63) is 12.7 Å². The Bertz CT molecular complexity index is 287. The molecular formula is C14H26O4Si. The molecule has 0 amide bonds. The Morgan fingerprint density at radius 2 is 2.37 bits per heavy atom. The van der Waals surface area contributed by atoms with Crippen LogP contribution in [0.25, 0.3) is 0 Å². The van der Waals surface area contributed by atoms with Crippen LogP contribution in [-0.2, 0) is 14.3 Å². The Kier molecular flexibility index (Phi) is 7.52. The maximum Gasteiger partial charge on any atom is 0.162 e. The molecule has 1 fully saturated rings. The highest BCUT2D eigenvalue weighted by Gasteiger charge is 2.26. The van der Waals surface area contributed by atoms with Crippen molar-refractivity contribution in [2.24, 2.45) is 5.92 Å². The Labute approximate surface area is 118 Å².